The number of hydrogen-bond donors (Lipinski definition) is 2. The molecule has 0 saturated carbocycles. The maximum absolute atomic E-state index is 12.5. The van der Waals surface area contributed by atoms with Gasteiger partial charge in [-0.1, -0.05) is 35.9 Å². The average Bonchev–Trinajstić information content (AvgIpc) is 3.08. The first-order valence-corrected chi connectivity index (χ1v) is 10.2. The maximum atomic E-state index is 12.5. The third-order valence-corrected chi connectivity index (χ3v) is 5.78. The predicted octanol–water partition coefficient (Wildman–Crippen LogP) is 4.84. The number of hydrogen-bond acceptors (Lipinski definition) is 5. The number of carbonyl (C=O) groups is 2. The van der Waals surface area contributed by atoms with E-state index in [0.29, 0.717) is 33.4 Å². The minimum atomic E-state index is -0.449. The molecule has 7 nitrogen and oxygen atoms in total. The Bertz CT molecular complexity index is 1110. The predicted molar refractivity (Wildman–Crippen MR) is 118 cm³/mol. The van der Waals surface area contributed by atoms with Crippen LogP contribution in [0.2, 0.25) is 5.02 Å². The number of rotatable bonds is 7. The Balaban J connectivity index is 1.60. The van der Waals surface area contributed by atoms with Crippen molar-refractivity contribution in [2.24, 2.45) is 0 Å². The van der Waals surface area contributed by atoms with Crippen molar-refractivity contribution in [2.45, 2.75) is 13.3 Å². The fraction of sp³-hybridized carbons (Fsp3) is 0.143. The zero-order valence-corrected chi connectivity index (χ0v) is 17.5. The van der Waals surface area contributed by atoms with Gasteiger partial charge in [0, 0.05) is 18.7 Å². The highest BCUT2D eigenvalue weighted by Gasteiger charge is 2.16. The van der Waals surface area contributed by atoms with Crippen LogP contribution in [0, 0.1) is 17.0 Å². The minimum absolute atomic E-state index is 0.0202. The highest BCUT2D eigenvalue weighted by Crippen LogP contribution is 2.28. The number of thiophene rings is 1. The molecule has 2 N–H and O–H groups in total. The molecule has 30 heavy (non-hydrogen) atoms. The van der Waals surface area contributed by atoms with Gasteiger partial charge >= 0.3 is 0 Å². The molecule has 154 valence electrons. The van der Waals surface area contributed by atoms with E-state index in [-0.39, 0.29) is 17.5 Å². The molecule has 0 unspecified atom stereocenters. The molecule has 0 aliphatic carbocycles. The third kappa shape index (κ3) is 5.22. The highest BCUT2D eigenvalue weighted by atomic mass is 35.5. The molecular weight excluding hydrogens is 426 g/mol. The number of non-ortho nitro benzene ring substituents is 1. The van der Waals surface area contributed by atoms with Crippen LogP contribution in [0.4, 0.5) is 10.7 Å². The first kappa shape index (κ1) is 21.5. The van der Waals surface area contributed by atoms with E-state index in [1.165, 1.54) is 23.5 Å². The summed E-state index contributed by atoms with van der Waals surface area (Å²) in [6.45, 7) is 2.12. The number of nitrogens with one attached hydrogen (secondary N) is 2. The molecule has 0 aliphatic rings. The number of halogens is 1. The van der Waals surface area contributed by atoms with Gasteiger partial charge in [-0.05, 0) is 42.7 Å². The smallest absolute Gasteiger partial charge is 0.269 e. The van der Waals surface area contributed by atoms with Crippen LogP contribution in [-0.2, 0) is 6.42 Å². The van der Waals surface area contributed by atoms with Gasteiger partial charge in [0.1, 0.15) is 0 Å². The second-order valence-electron chi connectivity index (χ2n) is 6.49. The molecule has 0 bridgehead atoms. The lowest BCUT2D eigenvalue weighted by Gasteiger charge is -2.05. The van der Waals surface area contributed by atoms with E-state index >= 15 is 0 Å². The molecule has 2 aromatic carbocycles. The first-order chi connectivity index (χ1) is 14.3. The summed E-state index contributed by atoms with van der Waals surface area (Å²) in [5.74, 6) is -0.611. The molecule has 0 aliphatic heterocycles. The van der Waals surface area contributed by atoms with Crippen LogP contribution in [0.15, 0.2) is 54.6 Å². The van der Waals surface area contributed by atoms with Crippen molar-refractivity contribution >= 4 is 45.4 Å². The number of benzene rings is 2. The summed E-state index contributed by atoms with van der Waals surface area (Å²) in [5.41, 5.74) is 1.88. The Morgan fingerprint density at radius 1 is 1.10 bits per heavy atom. The van der Waals surface area contributed by atoms with Gasteiger partial charge in [0.15, 0.2) is 0 Å². The van der Waals surface area contributed by atoms with Crippen LogP contribution in [0.1, 0.15) is 31.2 Å². The lowest BCUT2D eigenvalue weighted by atomic mass is 10.1. The normalized spacial score (nSPS) is 10.5. The lowest BCUT2D eigenvalue weighted by molar-refractivity contribution is -0.384. The summed E-state index contributed by atoms with van der Waals surface area (Å²) in [6.07, 6.45) is 0.466. The van der Waals surface area contributed by atoms with Crippen molar-refractivity contribution in [1.82, 2.24) is 5.32 Å². The van der Waals surface area contributed by atoms with E-state index in [2.05, 4.69) is 10.6 Å². The number of nitro benzene ring substituents is 1. The molecule has 0 radical (unpaired) electrons. The molecule has 0 atom stereocenters. The van der Waals surface area contributed by atoms with Crippen LogP contribution >= 0.6 is 22.9 Å². The maximum Gasteiger partial charge on any atom is 0.269 e. The Labute approximate surface area is 181 Å². The number of anilines is 1. The van der Waals surface area contributed by atoms with E-state index in [1.54, 1.807) is 49.4 Å². The topological polar surface area (TPSA) is 101 Å². The van der Waals surface area contributed by atoms with E-state index in [9.17, 15) is 19.7 Å². The SMILES string of the molecule is Cc1cc(NC(=O)c2ccccc2Cl)sc1C(=O)NCCc1cccc([N+](=O)[O-])c1. The third-order valence-electron chi connectivity index (χ3n) is 4.30. The van der Waals surface area contributed by atoms with E-state index < -0.39 is 4.92 Å². The van der Waals surface area contributed by atoms with Gasteiger partial charge in [-0.25, -0.2) is 0 Å². The summed E-state index contributed by atoms with van der Waals surface area (Å²) in [7, 11) is 0. The van der Waals surface area contributed by atoms with Crippen molar-refractivity contribution in [1.29, 1.82) is 0 Å². The summed E-state index contributed by atoms with van der Waals surface area (Å²) in [4.78, 5) is 35.8. The monoisotopic (exact) mass is 443 g/mol. The van der Waals surface area contributed by atoms with Crippen molar-refractivity contribution in [3.05, 3.63) is 91.3 Å². The largest absolute Gasteiger partial charge is 0.351 e. The van der Waals surface area contributed by atoms with Crippen LogP contribution < -0.4 is 10.6 Å². The van der Waals surface area contributed by atoms with Crippen LogP contribution in [0.5, 0.6) is 0 Å². The fourth-order valence-electron chi connectivity index (χ4n) is 2.82. The standard InChI is InChI=1S/C21H18ClN3O4S/c1-13-11-18(24-20(26)16-7-2-3-8-17(16)22)30-19(13)21(27)23-10-9-14-5-4-6-15(12-14)25(28)29/h2-8,11-12H,9-10H2,1H3,(H,23,27)(H,24,26). The quantitative estimate of drug-likeness (QED) is 0.402. The number of nitrogens with zero attached hydrogens (tertiary/aromatic N) is 1. The Kier molecular flexibility index (Phi) is 6.81. The zero-order chi connectivity index (χ0) is 21.7. The van der Waals surface area contributed by atoms with Crippen molar-refractivity contribution in [3.8, 4) is 0 Å². The Morgan fingerprint density at radius 3 is 2.60 bits per heavy atom. The van der Waals surface area contributed by atoms with Crippen molar-refractivity contribution in [3.63, 3.8) is 0 Å². The Hall–Kier alpha value is -3.23. The highest BCUT2D eigenvalue weighted by molar-refractivity contribution is 7.18. The summed E-state index contributed by atoms with van der Waals surface area (Å²) in [6, 6.07) is 14.8. The molecule has 2 amide bonds. The van der Waals surface area contributed by atoms with Gasteiger partial charge in [0.25, 0.3) is 17.5 Å². The Morgan fingerprint density at radius 2 is 1.87 bits per heavy atom. The van der Waals surface area contributed by atoms with Gasteiger partial charge in [-0.2, -0.15) is 0 Å². The number of nitro groups is 1. The van der Waals surface area contributed by atoms with Crippen LogP contribution in [-0.4, -0.2) is 23.3 Å². The summed E-state index contributed by atoms with van der Waals surface area (Å²) >= 11 is 7.22. The number of carbonyl (C=O) groups excluding carboxylic acids is 2. The summed E-state index contributed by atoms with van der Waals surface area (Å²) in [5, 5.41) is 17.3. The van der Waals surface area contributed by atoms with E-state index in [1.807, 2.05) is 0 Å². The molecular formula is C21H18ClN3O4S. The molecule has 9 heteroatoms. The average molecular weight is 444 g/mol. The molecule has 3 aromatic rings. The van der Waals surface area contributed by atoms with E-state index in [4.69, 9.17) is 11.6 Å². The van der Waals surface area contributed by atoms with Crippen LogP contribution in [0.25, 0.3) is 0 Å². The first-order valence-electron chi connectivity index (χ1n) is 9.03. The molecule has 1 heterocycles. The zero-order valence-electron chi connectivity index (χ0n) is 16.0. The van der Waals surface area contributed by atoms with Gasteiger partial charge in [-0.15, -0.1) is 11.3 Å². The number of aryl methyl sites for hydroxylation is 1. The van der Waals surface area contributed by atoms with Crippen molar-refractivity contribution < 1.29 is 14.5 Å². The van der Waals surface area contributed by atoms with Crippen LogP contribution in [0.3, 0.4) is 0 Å². The molecule has 0 fully saturated rings. The van der Waals surface area contributed by atoms with E-state index in [0.717, 1.165) is 11.1 Å². The molecule has 1 aromatic heterocycles. The second kappa shape index (κ2) is 9.51. The molecule has 3 rings (SSSR count). The fourth-order valence-corrected chi connectivity index (χ4v) is 4.03. The second-order valence-corrected chi connectivity index (χ2v) is 7.95. The lowest BCUT2D eigenvalue weighted by Crippen LogP contribution is -2.25. The van der Waals surface area contributed by atoms with Gasteiger partial charge in [-0.3, -0.25) is 19.7 Å². The molecule has 0 saturated heterocycles. The van der Waals surface area contributed by atoms with Gasteiger partial charge in [0.2, 0.25) is 0 Å². The van der Waals surface area contributed by atoms with Gasteiger partial charge in [0.05, 0.1) is 25.4 Å². The molecule has 0 spiro atoms. The van der Waals surface area contributed by atoms with Crippen molar-refractivity contribution in [2.75, 3.05) is 11.9 Å². The minimum Gasteiger partial charge on any atom is -0.351 e. The number of amides is 2. The van der Waals surface area contributed by atoms with Gasteiger partial charge < -0.3 is 10.6 Å². The summed E-state index contributed by atoms with van der Waals surface area (Å²) < 4.78 is 0.